The third-order valence-electron chi connectivity index (χ3n) is 3.24. The number of likely N-dealkylation sites (N-methyl/N-ethyl adjacent to an activating group) is 1. The highest BCUT2D eigenvalue weighted by molar-refractivity contribution is 5.75. The van der Waals surface area contributed by atoms with Gasteiger partial charge in [0.05, 0.1) is 5.92 Å². The minimum absolute atomic E-state index is 0.190. The Hall–Kier alpha value is -2.24. The van der Waals surface area contributed by atoms with Gasteiger partial charge in [-0.25, -0.2) is 4.79 Å². The number of carbonyl (C=O) groups excluding carboxylic acids is 1. The number of aliphatic carboxylic acids is 1. The molecule has 0 saturated heterocycles. The molecule has 2 N–H and O–H groups in total. The third kappa shape index (κ3) is 5.72. The SMILES string of the molecule is CC(CN(C)C(=O)NCCN(C)c1ccccc1)C(=O)O. The second-order valence-electron chi connectivity index (χ2n) is 5.11. The zero-order valence-electron chi connectivity index (χ0n) is 12.7. The molecule has 6 nitrogen and oxygen atoms in total. The number of hydrogen-bond donors (Lipinski definition) is 2. The van der Waals surface area contributed by atoms with Gasteiger partial charge in [0, 0.05) is 39.4 Å². The zero-order valence-corrected chi connectivity index (χ0v) is 12.7. The van der Waals surface area contributed by atoms with Crippen LogP contribution in [0.25, 0.3) is 0 Å². The molecule has 0 bridgehead atoms. The van der Waals surface area contributed by atoms with Crippen LogP contribution < -0.4 is 10.2 Å². The molecule has 1 unspecified atom stereocenters. The van der Waals surface area contributed by atoms with Gasteiger partial charge in [-0.3, -0.25) is 4.79 Å². The number of urea groups is 1. The number of rotatable bonds is 7. The molecule has 0 aromatic heterocycles. The molecule has 0 aliphatic carbocycles. The lowest BCUT2D eigenvalue weighted by Crippen LogP contribution is -2.43. The molecule has 0 heterocycles. The van der Waals surface area contributed by atoms with Gasteiger partial charge in [-0.2, -0.15) is 0 Å². The molecular formula is C15H23N3O3. The van der Waals surface area contributed by atoms with E-state index in [1.165, 1.54) is 4.90 Å². The fourth-order valence-corrected chi connectivity index (χ4v) is 1.85. The van der Waals surface area contributed by atoms with E-state index in [1.54, 1.807) is 14.0 Å². The number of nitrogens with zero attached hydrogens (tertiary/aromatic N) is 2. The average molecular weight is 293 g/mol. The number of carbonyl (C=O) groups is 2. The molecule has 21 heavy (non-hydrogen) atoms. The van der Waals surface area contributed by atoms with E-state index in [2.05, 4.69) is 5.32 Å². The van der Waals surface area contributed by atoms with Crippen molar-refractivity contribution in [3.63, 3.8) is 0 Å². The van der Waals surface area contributed by atoms with Crippen molar-refractivity contribution in [3.05, 3.63) is 30.3 Å². The van der Waals surface area contributed by atoms with Gasteiger partial charge in [0.1, 0.15) is 0 Å². The van der Waals surface area contributed by atoms with E-state index in [0.717, 1.165) is 5.69 Å². The fraction of sp³-hybridized carbons (Fsp3) is 0.467. The maximum Gasteiger partial charge on any atom is 0.317 e. The number of carboxylic acids is 1. The topological polar surface area (TPSA) is 72.9 Å². The van der Waals surface area contributed by atoms with Crippen LogP contribution in [0.5, 0.6) is 0 Å². The van der Waals surface area contributed by atoms with E-state index in [4.69, 9.17) is 5.11 Å². The normalized spacial score (nSPS) is 11.6. The van der Waals surface area contributed by atoms with E-state index < -0.39 is 11.9 Å². The summed E-state index contributed by atoms with van der Waals surface area (Å²) in [5.74, 6) is -1.48. The van der Waals surface area contributed by atoms with Gasteiger partial charge >= 0.3 is 12.0 Å². The van der Waals surface area contributed by atoms with Gasteiger partial charge in [0.15, 0.2) is 0 Å². The third-order valence-corrected chi connectivity index (χ3v) is 3.24. The van der Waals surface area contributed by atoms with Crippen LogP contribution in [-0.2, 0) is 4.79 Å². The highest BCUT2D eigenvalue weighted by atomic mass is 16.4. The van der Waals surface area contributed by atoms with Crippen molar-refractivity contribution < 1.29 is 14.7 Å². The minimum Gasteiger partial charge on any atom is -0.481 e. The molecule has 1 rings (SSSR count). The second-order valence-corrected chi connectivity index (χ2v) is 5.11. The summed E-state index contributed by atoms with van der Waals surface area (Å²) >= 11 is 0. The van der Waals surface area contributed by atoms with E-state index in [-0.39, 0.29) is 12.6 Å². The van der Waals surface area contributed by atoms with E-state index in [9.17, 15) is 9.59 Å². The molecule has 0 saturated carbocycles. The first kappa shape index (κ1) is 16.8. The minimum atomic E-state index is -0.904. The molecule has 116 valence electrons. The van der Waals surface area contributed by atoms with Gasteiger partial charge in [-0.15, -0.1) is 0 Å². The molecule has 1 aromatic carbocycles. The summed E-state index contributed by atoms with van der Waals surface area (Å²) in [6, 6.07) is 9.63. The van der Waals surface area contributed by atoms with Crippen LogP contribution in [0.15, 0.2) is 30.3 Å². The molecule has 1 atom stereocenters. The molecule has 6 heteroatoms. The largest absolute Gasteiger partial charge is 0.481 e. The van der Waals surface area contributed by atoms with Crippen LogP contribution in [0, 0.1) is 5.92 Å². The number of para-hydroxylation sites is 1. The van der Waals surface area contributed by atoms with Crippen molar-refractivity contribution >= 4 is 17.7 Å². The van der Waals surface area contributed by atoms with Crippen LogP contribution in [0.2, 0.25) is 0 Å². The van der Waals surface area contributed by atoms with Gasteiger partial charge in [-0.1, -0.05) is 25.1 Å². The van der Waals surface area contributed by atoms with Crippen LogP contribution in [0.3, 0.4) is 0 Å². The first-order valence-electron chi connectivity index (χ1n) is 6.89. The van der Waals surface area contributed by atoms with Gasteiger partial charge in [0.2, 0.25) is 0 Å². The van der Waals surface area contributed by atoms with E-state index in [0.29, 0.717) is 13.1 Å². The molecular weight excluding hydrogens is 270 g/mol. The molecule has 0 radical (unpaired) electrons. The van der Waals surface area contributed by atoms with Crippen molar-refractivity contribution in [2.45, 2.75) is 6.92 Å². The predicted molar refractivity (Wildman–Crippen MR) is 82.5 cm³/mol. The number of nitrogens with one attached hydrogen (secondary N) is 1. The van der Waals surface area contributed by atoms with Crippen molar-refractivity contribution in [1.82, 2.24) is 10.2 Å². The Labute approximate surface area is 125 Å². The molecule has 1 aromatic rings. The summed E-state index contributed by atoms with van der Waals surface area (Å²) in [7, 11) is 3.55. The lowest BCUT2D eigenvalue weighted by Gasteiger charge is -2.22. The van der Waals surface area contributed by atoms with Crippen molar-refractivity contribution in [1.29, 1.82) is 0 Å². The number of carboxylic acid groups (broad SMARTS) is 1. The first-order chi connectivity index (χ1) is 9.91. The van der Waals surface area contributed by atoms with Gasteiger partial charge in [0.25, 0.3) is 0 Å². The van der Waals surface area contributed by atoms with Crippen LogP contribution >= 0.6 is 0 Å². The Morgan fingerprint density at radius 3 is 2.43 bits per heavy atom. The average Bonchev–Trinajstić information content (AvgIpc) is 2.47. The quantitative estimate of drug-likeness (QED) is 0.799. The molecule has 2 amide bonds. The fourth-order valence-electron chi connectivity index (χ4n) is 1.85. The summed E-state index contributed by atoms with van der Waals surface area (Å²) < 4.78 is 0. The first-order valence-corrected chi connectivity index (χ1v) is 6.89. The maximum absolute atomic E-state index is 11.8. The Morgan fingerprint density at radius 1 is 1.24 bits per heavy atom. The standard InChI is InChI=1S/C15H23N3O3/c1-12(14(19)20)11-18(3)15(21)16-9-10-17(2)13-7-5-4-6-8-13/h4-8,12H,9-11H2,1-3H3,(H,16,21)(H,19,20). The van der Waals surface area contributed by atoms with Gasteiger partial charge in [-0.05, 0) is 12.1 Å². The predicted octanol–water partition coefficient (Wildman–Crippen LogP) is 1.48. The van der Waals surface area contributed by atoms with Crippen LogP contribution in [0.4, 0.5) is 10.5 Å². The highest BCUT2D eigenvalue weighted by Gasteiger charge is 2.16. The lowest BCUT2D eigenvalue weighted by molar-refractivity contribution is -0.141. The van der Waals surface area contributed by atoms with E-state index >= 15 is 0 Å². The van der Waals surface area contributed by atoms with Crippen LogP contribution in [-0.4, -0.2) is 55.7 Å². The monoisotopic (exact) mass is 293 g/mol. The molecule has 0 aliphatic rings. The Bertz CT molecular complexity index is 464. The van der Waals surface area contributed by atoms with E-state index in [1.807, 2.05) is 42.3 Å². The summed E-state index contributed by atoms with van der Waals surface area (Å²) in [4.78, 5) is 26.0. The van der Waals surface area contributed by atoms with Gasteiger partial charge < -0.3 is 20.2 Å². The smallest absolute Gasteiger partial charge is 0.317 e. The summed E-state index contributed by atoms with van der Waals surface area (Å²) in [6.07, 6.45) is 0. The summed E-state index contributed by atoms with van der Waals surface area (Å²) in [5.41, 5.74) is 1.08. The number of anilines is 1. The molecule has 0 aliphatic heterocycles. The number of amides is 2. The van der Waals surface area contributed by atoms with Crippen molar-refractivity contribution in [2.75, 3.05) is 38.6 Å². The highest BCUT2D eigenvalue weighted by Crippen LogP contribution is 2.09. The number of hydrogen-bond acceptors (Lipinski definition) is 3. The zero-order chi connectivity index (χ0) is 15.8. The maximum atomic E-state index is 11.8. The molecule has 0 spiro atoms. The lowest BCUT2D eigenvalue weighted by atomic mass is 10.2. The van der Waals surface area contributed by atoms with Crippen LogP contribution in [0.1, 0.15) is 6.92 Å². The van der Waals surface area contributed by atoms with Crippen molar-refractivity contribution in [2.24, 2.45) is 5.92 Å². The number of benzene rings is 1. The summed E-state index contributed by atoms with van der Waals surface area (Å²) in [6.45, 7) is 2.94. The second kappa shape index (κ2) is 8.14. The van der Waals surface area contributed by atoms with Crippen molar-refractivity contribution in [3.8, 4) is 0 Å². The Balaban J connectivity index is 2.31. The Kier molecular flexibility index (Phi) is 6.52. The summed E-state index contributed by atoms with van der Waals surface area (Å²) in [5, 5.41) is 11.6. The Morgan fingerprint density at radius 2 is 1.86 bits per heavy atom. The molecule has 0 fully saturated rings.